The van der Waals surface area contributed by atoms with Crippen LogP contribution in [0.3, 0.4) is 0 Å². The highest BCUT2D eigenvalue weighted by Crippen LogP contribution is 2.44. The van der Waals surface area contributed by atoms with Crippen molar-refractivity contribution in [3.8, 4) is 17.3 Å². The Kier molecular flexibility index (Phi) is 4.28. The minimum absolute atomic E-state index is 0.130. The van der Waals surface area contributed by atoms with Crippen LogP contribution in [0.2, 0.25) is 0 Å². The number of hydrogen-bond acceptors (Lipinski definition) is 4. The predicted molar refractivity (Wildman–Crippen MR) is 95.5 cm³/mol. The molecule has 0 fully saturated rings. The third kappa shape index (κ3) is 2.99. The molecule has 3 rings (SSSR count). The Hall–Kier alpha value is -2.77. The van der Waals surface area contributed by atoms with E-state index in [0.29, 0.717) is 12.1 Å². The molecular weight excluding hydrogens is 312 g/mol. The molecule has 0 saturated heterocycles. The van der Waals surface area contributed by atoms with Crippen LogP contribution < -0.4 is 0 Å². The average molecular weight is 332 g/mol. The van der Waals surface area contributed by atoms with E-state index in [9.17, 15) is 10.1 Å². The molecule has 126 valence electrons. The van der Waals surface area contributed by atoms with Gasteiger partial charge in [0.05, 0.1) is 17.0 Å². The molecule has 1 aromatic heterocycles. The summed E-state index contributed by atoms with van der Waals surface area (Å²) in [6.45, 7) is 3.68. The summed E-state index contributed by atoms with van der Waals surface area (Å²) in [6, 6.07) is 17.6. The van der Waals surface area contributed by atoms with E-state index in [1.807, 2.05) is 68.4 Å². The molecule has 0 spiro atoms. The molecule has 0 aliphatic heterocycles. The van der Waals surface area contributed by atoms with Crippen molar-refractivity contribution < 1.29 is 9.53 Å². The molecule has 0 saturated carbocycles. The van der Waals surface area contributed by atoms with Gasteiger partial charge in [-0.3, -0.25) is 4.79 Å². The number of methoxy groups -OCH3 is 1. The SMILES string of the molecule is COC1(c2cccc(-c3ccccc3)n2)C=C(C#N)C(=O)C(C)(C)C1. The van der Waals surface area contributed by atoms with Crippen molar-refractivity contribution in [2.45, 2.75) is 25.9 Å². The molecule has 4 heteroatoms. The van der Waals surface area contributed by atoms with E-state index < -0.39 is 11.0 Å². The average Bonchev–Trinajstić information content (AvgIpc) is 2.64. The zero-order valence-electron chi connectivity index (χ0n) is 14.6. The largest absolute Gasteiger partial charge is 0.368 e. The number of nitrogens with zero attached hydrogens (tertiary/aromatic N) is 2. The lowest BCUT2D eigenvalue weighted by atomic mass is 9.68. The molecule has 0 amide bonds. The molecule has 0 radical (unpaired) electrons. The first kappa shape index (κ1) is 17.1. The van der Waals surface area contributed by atoms with Crippen LogP contribution in [0.15, 0.2) is 60.2 Å². The van der Waals surface area contributed by atoms with Gasteiger partial charge in [-0.2, -0.15) is 5.26 Å². The molecule has 1 unspecified atom stereocenters. The number of Topliss-reactive ketones (excluding diaryl/α,β-unsaturated/α-hetero) is 1. The Morgan fingerprint density at radius 2 is 1.84 bits per heavy atom. The van der Waals surface area contributed by atoms with Gasteiger partial charge in [0.1, 0.15) is 11.7 Å². The highest BCUT2D eigenvalue weighted by atomic mass is 16.5. The quantitative estimate of drug-likeness (QED) is 0.851. The number of nitriles is 1. The Morgan fingerprint density at radius 3 is 2.48 bits per heavy atom. The van der Waals surface area contributed by atoms with Crippen molar-refractivity contribution in [2.75, 3.05) is 7.11 Å². The van der Waals surface area contributed by atoms with Crippen LogP contribution in [0.4, 0.5) is 0 Å². The number of benzene rings is 1. The van der Waals surface area contributed by atoms with Gasteiger partial charge in [-0.25, -0.2) is 4.98 Å². The van der Waals surface area contributed by atoms with Gasteiger partial charge in [-0.1, -0.05) is 50.2 Å². The zero-order chi connectivity index (χ0) is 18.1. The number of rotatable bonds is 3. The van der Waals surface area contributed by atoms with Crippen molar-refractivity contribution in [2.24, 2.45) is 5.41 Å². The van der Waals surface area contributed by atoms with Crippen LogP contribution in [0, 0.1) is 16.7 Å². The summed E-state index contributed by atoms with van der Waals surface area (Å²) in [5.74, 6) is -0.151. The lowest BCUT2D eigenvalue weighted by Gasteiger charge is -2.39. The van der Waals surface area contributed by atoms with Crippen LogP contribution >= 0.6 is 0 Å². The minimum atomic E-state index is -0.896. The third-order valence-corrected chi connectivity index (χ3v) is 4.68. The van der Waals surface area contributed by atoms with E-state index in [1.54, 1.807) is 13.2 Å². The number of carbonyl (C=O) groups excluding carboxylic acids is 1. The van der Waals surface area contributed by atoms with Gasteiger partial charge in [0, 0.05) is 18.1 Å². The van der Waals surface area contributed by atoms with Gasteiger partial charge in [-0.05, 0) is 24.6 Å². The van der Waals surface area contributed by atoms with E-state index >= 15 is 0 Å². The highest BCUT2D eigenvalue weighted by molar-refractivity contribution is 6.04. The number of aromatic nitrogens is 1. The van der Waals surface area contributed by atoms with E-state index in [4.69, 9.17) is 9.72 Å². The molecule has 2 aromatic rings. The molecule has 0 bridgehead atoms. The summed E-state index contributed by atoms with van der Waals surface area (Å²) >= 11 is 0. The van der Waals surface area contributed by atoms with Gasteiger partial charge >= 0.3 is 0 Å². The second-order valence-corrected chi connectivity index (χ2v) is 6.93. The summed E-state index contributed by atoms with van der Waals surface area (Å²) in [5.41, 5.74) is 1.07. The summed E-state index contributed by atoms with van der Waals surface area (Å²) in [4.78, 5) is 17.2. The smallest absolute Gasteiger partial charge is 0.178 e. The summed E-state index contributed by atoms with van der Waals surface area (Å²) in [5, 5.41) is 9.39. The van der Waals surface area contributed by atoms with Crippen molar-refractivity contribution in [3.05, 3.63) is 65.9 Å². The Labute approximate surface area is 147 Å². The van der Waals surface area contributed by atoms with Gasteiger partial charge in [-0.15, -0.1) is 0 Å². The van der Waals surface area contributed by atoms with Gasteiger partial charge in [0.2, 0.25) is 0 Å². The molecule has 1 heterocycles. The van der Waals surface area contributed by atoms with Crippen molar-refractivity contribution in [1.82, 2.24) is 4.98 Å². The molecule has 0 N–H and O–H groups in total. The topological polar surface area (TPSA) is 63.0 Å². The third-order valence-electron chi connectivity index (χ3n) is 4.68. The molecule has 1 aliphatic carbocycles. The Morgan fingerprint density at radius 1 is 1.12 bits per heavy atom. The fraction of sp³-hybridized carbons (Fsp3) is 0.286. The number of pyridine rings is 1. The molecular formula is C21H20N2O2. The number of allylic oxidation sites excluding steroid dienone is 1. The van der Waals surface area contributed by atoms with Crippen molar-refractivity contribution >= 4 is 5.78 Å². The van der Waals surface area contributed by atoms with Gasteiger partial charge < -0.3 is 4.74 Å². The maximum atomic E-state index is 12.4. The monoisotopic (exact) mass is 332 g/mol. The Balaban J connectivity index is 2.15. The standard InChI is InChI=1S/C21H20N2O2/c1-20(2)14-21(25-3,12-16(13-22)19(20)24)18-11-7-10-17(23-18)15-8-5-4-6-9-15/h4-12H,14H2,1-3H3. The van der Waals surface area contributed by atoms with E-state index in [1.165, 1.54) is 0 Å². The van der Waals surface area contributed by atoms with E-state index in [-0.39, 0.29) is 11.4 Å². The van der Waals surface area contributed by atoms with Crippen LogP contribution in [-0.2, 0) is 15.1 Å². The predicted octanol–water partition coefficient (Wildman–Crippen LogP) is 4.04. The van der Waals surface area contributed by atoms with Gasteiger partial charge in [0.15, 0.2) is 5.78 Å². The van der Waals surface area contributed by atoms with E-state index in [0.717, 1.165) is 11.3 Å². The number of carbonyl (C=O) groups is 1. The molecule has 4 nitrogen and oxygen atoms in total. The molecule has 1 aromatic carbocycles. The number of hydrogen-bond donors (Lipinski definition) is 0. The zero-order valence-corrected chi connectivity index (χ0v) is 14.6. The Bertz CT molecular complexity index is 878. The van der Waals surface area contributed by atoms with Crippen molar-refractivity contribution in [3.63, 3.8) is 0 Å². The molecule has 1 atom stereocenters. The normalized spacial score (nSPS) is 22.2. The molecule has 1 aliphatic rings. The van der Waals surface area contributed by atoms with Crippen LogP contribution in [0.1, 0.15) is 26.0 Å². The summed E-state index contributed by atoms with van der Waals surface area (Å²) in [6.07, 6.45) is 2.06. The lowest BCUT2D eigenvalue weighted by molar-refractivity contribution is -0.128. The van der Waals surface area contributed by atoms with Crippen LogP contribution in [-0.4, -0.2) is 17.9 Å². The van der Waals surface area contributed by atoms with Crippen LogP contribution in [0.5, 0.6) is 0 Å². The summed E-state index contributed by atoms with van der Waals surface area (Å²) < 4.78 is 5.83. The number of ketones is 1. The first-order chi connectivity index (χ1) is 11.9. The van der Waals surface area contributed by atoms with Gasteiger partial charge in [0.25, 0.3) is 0 Å². The second-order valence-electron chi connectivity index (χ2n) is 6.93. The minimum Gasteiger partial charge on any atom is -0.368 e. The summed E-state index contributed by atoms with van der Waals surface area (Å²) in [7, 11) is 1.59. The maximum absolute atomic E-state index is 12.4. The highest BCUT2D eigenvalue weighted by Gasteiger charge is 2.47. The van der Waals surface area contributed by atoms with Crippen molar-refractivity contribution in [1.29, 1.82) is 5.26 Å². The van der Waals surface area contributed by atoms with E-state index in [2.05, 4.69) is 0 Å². The maximum Gasteiger partial charge on any atom is 0.178 e. The van der Waals surface area contributed by atoms with Crippen LogP contribution in [0.25, 0.3) is 11.3 Å². The molecule has 25 heavy (non-hydrogen) atoms. The lowest BCUT2D eigenvalue weighted by Crippen LogP contribution is -2.42. The fourth-order valence-corrected chi connectivity index (χ4v) is 3.37. The first-order valence-electron chi connectivity index (χ1n) is 8.18. The second kappa shape index (κ2) is 6.27. The fourth-order valence-electron chi connectivity index (χ4n) is 3.37. The first-order valence-corrected chi connectivity index (χ1v) is 8.18. The number of ether oxygens (including phenoxy) is 1.